The number of hydrogen-bond acceptors (Lipinski definition) is 3. The SMILES string of the molecule is NC1(CC(=O)NCCCCn2ccnc2)CCCC1. The molecule has 5 nitrogen and oxygen atoms in total. The highest BCUT2D eigenvalue weighted by molar-refractivity contribution is 5.77. The number of nitrogens with two attached hydrogens (primary N) is 1. The Kier molecular flexibility index (Phi) is 4.96. The second kappa shape index (κ2) is 6.70. The van der Waals surface area contributed by atoms with Gasteiger partial charge >= 0.3 is 0 Å². The molecule has 1 saturated carbocycles. The molecule has 0 spiro atoms. The smallest absolute Gasteiger partial charge is 0.221 e. The summed E-state index contributed by atoms with van der Waals surface area (Å²) in [6.45, 7) is 1.69. The van der Waals surface area contributed by atoms with Gasteiger partial charge in [0.15, 0.2) is 0 Å². The van der Waals surface area contributed by atoms with Crippen LogP contribution in [0.4, 0.5) is 0 Å². The highest BCUT2D eigenvalue weighted by atomic mass is 16.1. The van der Waals surface area contributed by atoms with Gasteiger partial charge in [-0.25, -0.2) is 4.98 Å². The van der Waals surface area contributed by atoms with Crippen molar-refractivity contribution in [1.29, 1.82) is 0 Å². The number of amides is 1. The Morgan fingerprint density at radius 3 is 2.84 bits per heavy atom. The van der Waals surface area contributed by atoms with Gasteiger partial charge in [0.05, 0.1) is 6.33 Å². The van der Waals surface area contributed by atoms with Crippen LogP contribution in [0.5, 0.6) is 0 Å². The van der Waals surface area contributed by atoms with E-state index in [-0.39, 0.29) is 11.4 Å². The Morgan fingerprint density at radius 2 is 2.16 bits per heavy atom. The molecule has 5 heteroatoms. The van der Waals surface area contributed by atoms with Gasteiger partial charge in [-0.15, -0.1) is 0 Å². The van der Waals surface area contributed by atoms with Crippen molar-refractivity contribution in [3.63, 3.8) is 0 Å². The minimum Gasteiger partial charge on any atom is -0.356 e. The van der Waals surface area contributed by atoms with Crippen molar-refractivity contribution in [1.82, 2.24) is 14.9 Å². The number of hydrogen-bond donors (Lipinski definition) is 2. The Hall–Kier alpha value is -1.36. The van der Waals surface area contributed by atoms with Crippen LogP contribution in [-0.2, 0) is 11.3 Å². The summed E-state index contributed by atoms with van der Waals surface area (Å²) in [7, 11) is 0. The first-order valence-corrected chi connectivity index (χ1v) is 7.19. The van der Waals surface area contributed by atoms with Crippen molar-refractivity contribution in [2.75, 3.05) is 6.54 Å². The monoisotopic (exact) mass is 264 g/mol. The van der Waals surface area contributed by atoms with Crippen molar-refractivity contribution < 1.29 is 4.79 Å². The summed E-state index contributed by atoms with van der Waals surface area (Å²) in [4.78, 5) is 15.8. The minimum absolute atomic E-state index is 0.104. The molecule has 0 aromatic carbocycles. The summed E-state index contributed by atoms with van der Waals surface area (Å²) >= 11 is 0. The van der Waals surface area contributed by atoms with Crippen LogP contribution in [0.2, 0.25) is 0 Å². The van der Waals surface area contributed by atoms with Crippen LogP contribution >= 0.6 is 0 Å². The number of carbonyl (C=O) groups is 1. The van der Waals surface area contributed by atoms with Gasteiger partial charge in [0.25, 0.3) is 0 Å². The summed E-state index contributed by atoms with van der Waals surface area (Å²) in [6, 6.07) is 0. The molecule has 0 atom stereocenters. The van der Waals surface area contributed by atoms with Crippen LogP contribution in [0, 0.1) is 0 Å². The van der Waals surface area contributed by atoms with E-state index in [2.05, 4.69) is 14.9 Å². The van der Waals surface area contributed by atoms with Crippen molar-refractivity contribution in [3.8, 4) is 0 Å². The molecule has 1 aromatic heterocycles. The molecule has 0 aliphatic heterocycles. The molecule has 1 fully saturated rings. The van der Waals surface area contributed by atoms with Crippen molar-refractivity contribution in [3.05, 3.63) is 18.7 Å². The second-order valence-electron chi connectivity index (χ2n) is 5.60. The van der Waals surface area contributed by atoms with Crippen LogP contribution in [0.25, 0.3) is 0 Å². The van der Waals surface area contributed by atoms with E-state index < -0.39 is 0 Å². The fourth-order valence-electron chi connectivity index (χ4n) is 2.70. The van der Waals surface area contributed by atoms with Gasteiger partial charge in [-0.2, -0.15) is 0 Å². The number of nitrogens with zero attached hydrogens (tertiary/aromatic N) is 2. The van der Waals surface area contributed by atoms with Gasteiger partial charge in [-0.1, -0.05) is 12.8 Å². The normalized spacial score (nSPS) is 17.5. The number of unbranched alkanes of at least 4 members (excludes halogenated alkanes) is 1. The number of nitrogens with one attached hydrogen (secondary N) is 1. The summed E-state index contributed by atoms with van der Waals surface area (Å²) in [5.74, 6) is 0.104. The molecule has 1 aliphatic carbocycles. The Labute approximate surface area is 114 Å². The van der Waals surface area contributed by atoms with E-state index in [9.17, 15) is 4.79 Å². The van der Waals surface area contributed by atoms with Crippen molar-refractivity contribution in [2.24, 2.45) is 5.73 Å². The van der Waals surface area contributed by atoms with Gasteiger partial charge in [0.1, 0.15) is 0 Å². The second-order valence-corrected chi connectivity index (χ2v) is 5.60. The van der Waals surface area contributed by atoms with E-state index in [0.29, 0.717) is 6.42 Å². The largest absolute Gasteiger partial charge is 0.356 e. The van der Waals surface area contributed by atoms with Crippen molar-refractivity contribution in [2.45, 2.75) is 57.0 Å². The van der Waals surface area contributed by atoms with E-state index in [1.165, 1.54) is 0 Å². The lowest BCUT2D eigenvalue weighted by molar-refractivity contribution is -0.122. The molecule has 0 radical (unpaired) electrons. The molecular formula is C14H24N4O. The topological polar surface area (TPSA) is 72.9 Å². The first-order chi connectivity index (χ1) is 9.18. The molecule has 19 heavy (non-hydrogen) atoms. The maximum absolute atomic E-state index is 11.8. The van der Waals surface area contributed by atoms with E-state index in [4.69, 9.17) is 5.73 Å². The number of imidazole rings is 1. The molecule has 0 bridgehead atoms. The molecule has 1 amide bonds. The van der Waals surface area contributed by atoms with Gasteiger partial charge in [-0.3, -0.25) is 4.79 Å². The molecule has 0 unspecified atom stereocenters. The number of aryl methyl sites for hydroxylation is 1. The van der Waals surface area contributed by atoms with E-state index in [0.717, 1.165) is 51.6 Å². The van der Waals surface area contributed by atoms with Crippen LogP contribution in [-0.4, -0.2) is 27.5 Å². The highest BCUT2D eigenvalue weighted by Crippen LogP contribution is 2.29. The number of aromatic nitrogens is 2. The standard InChI is InChI=1S/C14H24N4O/c15-14(5-1-2-6-14)11-13(19)17-7-3-4-9-18-10-8-16-12-18/h8,10,12H,1-7,9,11,15H2,(H,17,19). The maximum atomic E-state index is 11.8. The molecule has 3 N–H and O–H groups in total. The van der Waals surface area contributed by atoms with Gasteiger partial charge in [-0.05, 0) is 25.7 Å². The van der Waals surface area contributed by atoms with Gasteiger partial charge in [0, 0.05) is 37.4 Å². The zero-order valence-corrected chi connectivity index (χ0v) is 11.5. The fraction of sp³-hybridized carbons (Fsp3) is 0.714. The van der Waals surface area contributed by atoms with Crippen LogP contribution in [0.3, 0.4) is 0 Å². The lowest BCUT2D eigenvalue weighted by atomic mass is 9.94. The molecule has 1 aromatic rings. The minimum atomic E-state index is -0.235. The van der Waals surface area contributed by atoms with Crippen LogP contribution in [0.15, 0.2) is 18.7 Å². The first kappa shape index (κ1) is 14.1. The first-order valence-electron chi connectivity index (χ1n) is 7.19. The summed E-state index contributed by atoms with van der Waals surface area (Å²) in [6.07, 6.45) is 12.4. The maximum Gasteiger partial charge on any atom is 0.221 e. The Bertz CT molecular complexity index is 382. The Morgan fingerprint density at radius 1 is 1.37 bits per heavy atom. The third-order valence-electron chi connectivity index (χ3n) is 3.84. The zero-order valence-electron chi connectivity index (χ0n) is 11.5. The third-order valence-corrected chi connectivity index (χ3v) is 3.84. The molecule has 0 saturated heterocycles. The number of rotatable bonds is 7. The molecule has 1 aliphatic rings. The predicted molar refractivity (Wildman–Crippen MR) is 74.5 cm³/mol. The van der Waals surface area contributed by atoms with Gasteiger partial charge < -0.3 is 15.6 Å². The lowest BCUT2D eigenvalue weighted by Crippen LogP contribution is -2.42. The van der Waals surface area contributed by atoms with E-state index in [1.807, 2.05) is 12.5 Å². The van der Waals surface area contributed by atoms with E-state index >= 15 is 0 Å². The molecule has 2 rings (SSSR count). The number of carbonyl (C=O) groups excluding carboxylic acids is 1. The fourth-order valence-corrected chi connectivity index (χ4v) is 2.70. The third kappa shape index (κ3) is 4.67. The van der Waals surface area contributed by atoms with Crippen LogP contribution < -0.4 is 11.1 Å². The average molecular weight is 264 g/mol. The lowest BCUT2D eigenvalue weighted by Gasteiger charge is -2.22. The average Bonchev–Trinajstić information content (AvgIpc) is 3.00. The molecule has 1 heterocycles. The predicted octanol–water partition coefficient (Wildman–Crippen LogP) is 1.44. The van der Waals surface area contributed by atoms with Crippen molar-refractivity contribution >= 4 is 5.91 Å². The van der Waals surface area contributed by atoms with Gasteiger partial charge in [0.2, 0.25) is 5.91 Å². The summed E-state index contributed by atoms with van der Waals surface area (Å²) < 4.78 is 2.05. The summed E-state index contributed by atoms with van der Waals surface area (Å²) in [5, 5.41) is 2.97. The van der Waals surface area contributed by atoms with E-state index in [1.54, 1.807) is 6.20 Å². The van der Waals surface area contributed by atoms with Crippen LogP contribution in [0.1, 0.15) is 44.9 Å². The highest BCUT2D eigenvalue weighted by Gasteiger charge is 2.31. The Balaban J connectivity index is 1.54. The quantitative estimate of drug-likeness (QED) is 0.732. The summed E-state index contributed by atoms with van der Waals surface area (Å²) in [5.41, 5.74) is 5.95. The zero-order chi connectivity index (χ0) is 13.6. The molecular weight excluding hydrogens is 240 g/mol. The molecule has 106 valence electrons.